The Bertz CT molecular complexity index is 818. The Balaban J connectivity index is 1.87. The first-order chi connectivity index (χ1) is 10.2. The molecule has 0 saturated carbocycles. The number of halogens is 1. The minimum Gasteiger partial charge on any atom is -0.322 e. The number of carbonyl (C=O) groups excluding carboxylic acids is 1. The van der Waals surface area contributed by atoms with Gasteiger partial charge in [0.15, 0.2) is 5.13 Å². The molecule has 0 radical (unpaired) electrons. The lowest BCUT2D eigenvalue weighted by molar-refractivity contribution is 0.102. The maximum absolute atomic E-state index is 12.2. The van der Waals surface area contributed by atoms with Crippen LogP contribution in [0.15, 0.2) is 42.5 Å². The molecule has 1 aromatic heterocycles. The van der Waals surface area contributed by atoms with Gasteiger partial charge in [-0.2, -0.15) is 0 Å². The van der Waals surface area contributed by atoms with E-state index in [1.807, 2.05) is 12.1 Å². The highest BCUT2D eigenvalue weighted by Gasteiger charge is 2.11. The summed E-state index contributed by atoms with van der Waals surface area (Å²) >= 11 is 7.45. The molecule has 7 heteroatoms. The predicted octanol–water partition coefficient (Wildman–Crippen LogP) is 3.49. The highest BCUT2D eigenvalue weighted by molar-refractivity contribution is 7.22. The van der Waals surface area contributed by atoms with E-state index in [-0.39, 0.29) is 5.91 Å². The van der Waals surface area contributed by atoms with Crippen LogP contribution in [-0.2, 0) is 0 Å². The first-order valence-corrected chi connectivity index (χ1v) is 7.30. The number of hydrazine groups is 1. The number of benzene rings is 2. The third-order valence-electron chi connectivity index (χ3n) is 2.89. The minimum atomic E-state index is -0.257. The molecule has 3 rings (SSSR count). The van der Waals surface area contributed by atoms with Gasteiger partial charge in [-0.15, -0.1) is 0 Å². The Labute approximate surface area is 129 Å². The highest BCUT2D eigenvalue weighted by atomic mass is 35.5. The van der Waals surface area contributed by atoms with Crippen LogP contribution < -0.4 is 16.6 Å². The van der Waals surface area contributed by atoms with Gasteiger partial charge in [0.2, 0.25) is 0 Å². The number of thiazole rings is 1. The Kier molecular flexibility index (Phi) is 3.74. The molecule has 0 aliphatic heterocycles. The molecule has 0 saturated heterocycles. The zero-order valence-electron chi connectivity index (χ0n) is 10.8. The van der Waals surface area contributed by atoms with Gasteiger partial charge in [-0.3, -0.25) is 10.2 Å². The van der Waals surface area contributed by atoms with Crippen LogP contribution in [-0.4, -0.2) is 10.9 Å². The summed E-state index contributed by atoms with van der Waals surface area (Å²) in [6, 6.07) is 12.4. The van der Waals surface area contributed by atoms with Crippen LogP contribution in [0.1, 0.15) is 10.4 Å². The van der Waals surface area contributed by atoms with E-state index >= 15 is 0 Å². The second-order valence-corrected chi connectivity index (χ2v) is 5.72. The van der Waals surface area contributed by atoms with E-state index in [1.54, 1.807) is 30.3 Å². The van der Waals surface area contributed by atoms with Crippen LogP contribution in [0.3, 0.4) is 0 Å². The van der Waals surface area contributed by atoms with E-state index in [1.165, 1.54) is 11.3 Å². The smallest absolute Gasteiger partial charge is 0.257 e. The van der Waals surface area contributed by atoms with Crippen molar-refractivity contribution in [3.05, 3.63) is 53.1 Å². The first-order valence-electron chi connectivity index (χ1n) is 6.10. The lowest BCUT2D eigenvalue weighted by Gasteiger charge is -2.06. The fraction of sp³-hybridized carbons (Fsp3) is 0. The standard InChI is InChI=1S/C14H11ClN4OS/c15-10-4-2-1-3-9(10)13(20)17-8-5-6-12-11(7-8)18-14(19-16)21-12/h1-7H,16H2,(H,17,20)(H,18,19). The molecule has 0 aliphatic carbocycles. The first kappa shape index (κ1) is 13.8. The molecule has 0 unspecified atom stereocenters. The van der Waals surface area contributed by atoms with Gasteiger partial charge in [0, 0.05) is 5.69 Å². The summed E-state index contributed by atoms with van der Waals surface area (Å²) in [7, 11) is 0. The van der Waals surface area contributed by atoms with Gasteiger partial charge < -0.3 is 5.32 Å². The second-order valence-electron chi connectivity index (χ2n) is 4.28. The number of hydrogen-bond acceptors (Lipinski definition) is 5. The Morgan fingerprint density at radius 2 is 2.05 bits per heavy atom. The monoisotopic (exact) mass is 318 g/mol. The molecule has 1 heterocycles. The molecular weight excluding hydrogens is 308 g/mol. The summed E-state index contributed by atoms with van der Waals surface area (Å²) in [5.41, 5.74) is 4.37. The molecule has 2 aromatic carbocycles. The van der Waals surface area contributed by atoms with E-state index in [2.05, 4.69) is 15.7 Å². The summed E-state index contributed by atoms with van der Waals surface area (Å²) in [6.07, 6.45) is 0. The molecule has 21 heavy (non-hydrogen) atoms. The van der Waals surface area contributed by atoms with Crippen molar-refractivity contribution in [2.45, 2.75) is 0 Å². The maximum Gasteiger partial charge on any atom is 0.257 e. The van der Waals surface area contributed by atoms with Gasteiger partial charge in [-0.1, -0.05) is 35.1 Å². The average Bonchev–Trinajstić information content (AvgIpc) is 2.90. The van der Waals surface area contributed by atoms with Crippen molar-refractivity contribution in [2.24, 2.45) is 5.84 Å². The second kappa shape index (κ2) is 5.69. The Morgan fingerprint density at radius 1 is 1.24 bits per heavy atom. The fourth-order valence-electron chi connectivity index (χ4n) is 1.91. The minimum absolute atomic E-state index is 0.257. The molecule has 4 N–H and O–H groups in total. The van der Waals surface area contributed by atoms with Crippen molar-refractivity contribution in [1.29, 1.82) is 0 Å². The number of aromatic nitrogens is 1. The van der Waals surface area contributed by atoms with Crippen molar-refractivity contribution < 1.29 is 4.79 Å². The van der Waals surface area contributed by atoms with Crippen LogP contribution in [0.25, 0.3) is 10.2 Å². The topological polar surface area (TPSA) is 80.0 Å². The van der Waals surface area contributed by atoms with E-state index < -0.39 is 0 Å². The molecule has 0 fully saturated rings. The van der Waals surface area contributed by atoms with E-state index in [0.29, 0.717) is 21.4 Å². The van der Waals surface area contributed by atoms with Gasteiger partial charge >= 0.3 is 0 Å². The van der Waals surface area contributed by atoms with Crippen LogP contribution in [0.5, 0.6) is 0 Å². The SMILES string of the molecule is NNc1nc2cc(NC(=O)c3ccccc3Cl)ccc2s1. The van der Waals surface area contributed by atoms with E-state index in [9.17, 15) is 4.79 Å². The number of anilines is 2. The van der Waals surface area contributed by atoms with Crippen LogP contribution in [0.4, 0.5) is 10.8 Å². The Hall–Kier alpha value is -2.15. The fourth-order valence-corrected chi connectivity index (χ4v) is 2.89. The molecule has 1 amide bonds. The highest BCUT2D eigenvalue weighted by Crippen LogP contribution is 2.28. The molecule has 0 atom stereocenters. The van der Waals surface area contributed by atoms with Crippen molar-refractivity contribution in [2.75, 3.05) is 10.7 Å². The zero-order chi connectivity index (χ0) is 14.8. The molecule has 0 aliphatic rings. The number of hydrogen-bond donors (Lipinski definition) is 3. The third-order valence-corrected chi connectivity index (χ3v) is 4.18. The van der Waals surface area contributed by atoms with Crippen LogP contribution >= 0.6 is 22.9 Å². The summed E-state index contributed by atoms with van der Waals surface area (Å²) in [5.74, 6) is 5.08. The summed E-state index contributed by atoms with van der Waals surface area (Å²) in [6.45, 7) is 0. The summed E-state index contributed by atoms with van der Waals surface area (Å²) in [4.78, 5) is 16.5. The van der Waals surface area contributed by atoms with Gasteiger partial charge in [-0.25, -0.2) is 10.8 Å². The molecule has 5 nitrogen and oxygen atoms in total. The van der Waals surface area contributed by atoms with Crippen molar-refractivity contribution in [3.8, 4) is 0 Å². The van der Waals surface area contributed by atoms with Crippen LogP contribution in [0.2, 0.25) is 5.02 Å². The van der Waals surface area contributed by atoms with Gasteiger partial charge in [0.05, 0.1) is 20.8 Å². The van der Waals surface area contributed by atoms with Crippen LogP contribution in [0, 0.1) is 0 Å². The van der Waals surface area contributed by atoms with Gasteiger partial charge in [0.1, 0.15) is 0 Å². The average molecular weight is 319 g/mol. The Morgan fingerprint density at radius 3 is 2.81 bits per heavy atom. The maximum atomic E-state index is 12.2. The van der Waals surface area contributed by atoms with Crippen molar-refractivity contribution in [1.82, 2.24) is 4.98 Å². The van der Waals surface area contributed by atoms with E-state index in [0.717, 1.165) is 10.2 Å². The molecule has 3 aromatic rings. The number of amides is 1. The predicted molar refractivity (Wildman–Crippen MR) is 86.8 cm³/mol. The van der Waals surface area contributed by atoms with Crippen molar-refractivity contribution >= 4 is 49.9 Å². The molecule has 0 spiro atoms. The zero-order valence-corrected chi connectivity index (χ0v) is 12.3. The quantitative estimate of drug-likeness (QED) is 0.510. The number of nitrogens with zero attached hydrogens (tertiary/aromatic N) is 1. The van der Waals surface area contributed by atoms with Gasteiger partial charge in [-0.05, 0) is 30.3 Å². The molecule has 106 valence electrons. The molecular formula is C14H11ClN4OS. The number of nitrogens with two attached hydrogens (primary N) is 1. The number of rotatable bonds is 3. The number of carbonyl (C=O) groups is 1. The normalized spacial score (nSPS) is 10.6. The van der Waals surface area contributed by atoms with Crippen molar-refractivity contribution in [3.63, 3.8) is 0 Å². The largest absolute Gasteiger partial charge is 0.322 e. The number of fused-ring (bicyclic) bond motifs is 1. The number of nitrogens with one attached hydrogen (secondary N) is 2. The number of nitrogen functional groups attached to an aromatic ring is 1. The van der Waals surface area contributed by atoms with Gasteiger partial charge in [0.25, 0.3) is 5.91 Å². The summed E-state index contributed by atoms with van der Waals surface area (Å²) < 4.78 is 0.985. The summed E-state index contributed by atoms with van der Waals surface area (Å²) in [5, 5.41) is 3.85. The van der Waals surface area contributed by atoms with E-state index in [4.69, 9.17) is 17.4 Å². The molecule has 0 bridgehead atoms. The third kappa shape index (κ3) is 2.82. The lowest BCUT2D eigenvalue weighted by Crippen LogP contribution is -2.12. The lowest BCUT2D eigenvalue weighted by atomic mass is 10.2.